The molecule has 0 aliphatic heterocycles. The van der Waals surface area contributed by atoms with Crippen LogP contribution in [0.15, 0.2) is 0 Å². The first-order chi connectivity index (χ1) is 4.13. The molecule has 2 unspecified atom stereocenters. The largest absolute Gasteiger partial charge is 0.0894 e. The van der Waals surface area contributed by atoms with Gasteiger partial charge in [-0.2, -0.15) is 0 Å². The summed E-state index contributed by atoms with van der Waals surface area (Å²) in [5, 5.41) is 0. The smallest absolute Gasteiger partial charge is 0.0117 e. The Morgan fingerprint density at radius 2 is 1.33 bits per heavy atom. The normalized spacial score (nSPS) is 17.3. The summed E-state index contributed by atoms with van der Waals surface area (Å²) < 4.78 is 0. The van der Waals surface area contributed by atoms with E-state index in [1.165, 1.54) is 19.3 Å². The molecule has 0 rings (SSSR count). The third-order valence-electron chi connectivity index (χ3n) is 1.20. The highest BCUT2D eigenvalue weighted by Gasteiger charge is 1.98. The minimum absolute atomic E-state index is 0.684. The molecule has 0 N–H and O–H groups in total. The van der Waals surface area contributed by atoms with E-state index in [0.717, 1.165) is 0 Å². The van der Waals surface area contributed by atoms with Gasteiger partial charge in [-0.3, -0.25) is 0 Å². The number of rotatable bonds is 4. The fourth-order valence-corrected chi connectivity index (χ4v) is 1.33. The molecular formula is C7H14Br2. The molecule has 0 fully saturated rings. The van der Waals surface area contributed by atoms with Gasteiger partial charge in [0.25, 0.3) is 0 Å². The number of hydrogen-bond acceptors (Lipinski definition) is 0. The molecule has 0 radical (unpaired) electrons. The van der Waals surface area contributed by atoms with Crippen LogP contribution in [0.5, 0.6) is 0 Å². The van der Waals surface area contributed by atoms with Crippen molar-refractivity contribution in [3.63, 3.8) is 0 Å². The number of alkyl halides is 2. The van der Waals surface area contributed by atoms with Gasteiger partial charge in [0.2, 0.25) is 0 Å². The van der Waals surface area contributed by atoms with Crippen LogP contribution in [0.1, 0.15) is 33.1 Å². The highest BCUT2D eigenvalue weighted by atomic mass is 79.9. The summed E-state index contributed by atoms with van der Waals surface area (Å²) in [7, 11) is 0. The molecule has 0 heterocycles. The second kappa shape index (κ2) is 5.72. The Kier molecular flexibility index (Phi) is 6.33. The average molecular weight is 258 g/mol. The van der Waals surface area contributed by atoms with Crippen molar-refractivity contribution in [1.82, 2.24) is 0 Å². The topological polar surface area (TPSA) is 0 Å². The molecule has 0 nitrogen and oxygen atoms in total. The minimum Gasteiger partial charge on any atom is -0.0894 e. The van der Waals surface area contributed by atoms with E-state index in [-0.39, 0.29) is 0 Å². The summed E-state index contributed by atoms with van der Waals surface area (Å²) >= 11 is 7.02. The highest BCUT2D eigenvalue weighted by Crippen LogP contribution is 2.13. The quantitative estimate of drug-likeness (QED) is 0.674. The Morgan fingerprint density at radius 1 is 1.00 bits per heavy atom. The molecule has 0 bridgehead atoms. The standard InChI is InChI=1S/C7H14Br2/c1-6(8)4-3-5-7(2)9/h6-7H,3-5H2,1-2H3. The van der Waals surface area contributed by atoms with E-state index in [4.69, 9.17) is 0 Å². The molecule has 56 valence electrons. The first-order valence-corrected chi connectivity index (χ1v) is 5.24. The Morgan fingerprint density at radius 3 is 1.56 bits per heavy atom. The lowest BCUT2D eigenvalue weighted by atomic mass is 10.2. The van der Waals surface area contributed by atoms with Crippen LogP contribution in [0.25, 0.3) is 0 Å². The van der Waals surface area contributed by atoms with Gasteiger partial charge < -0.3 is 0 Å². The van der Waals surface area contributed by atoms with Crippen LogP contribution in [0, 0.1) is 0 Å². The van der Waals surface area contributed by atoms with E-state index >= 15 is 0 Å². The SMILES string of the molecule is CC(Br)CCCC(C)Br. The highest BCUT2D eigenvalue weighted by molar-refractivity contribution is 9.09. The van der Waals surface area contributed by atoms with E-state index in [1.54, 1.807) is 0 Å². The van der Waals surface area contributed by atoms with Crippen LogP contribution in [0.4, 0.5) is 0 Å². The molecule has 0 amide bonds. The first-order valence-electron chi connectivity index (χ1n) is 3.41. The van der Waals surface area contributed by atoms with Crippen molar-refractivity contribution in [1.29, 1.82) is 0 Å². The lowest BCUT2D eigenvalue weighted by Gasteiger charge is -2.03. The van der Waals surface area contributed by atoms with Gasteiger partial charge in [-0.25, -0.2) is 0 Å². The van der Waals surface area contributed by atoms with Gasteiger partial charge in [-0.15, -0.1) is 0 Å². The van der Waals surface area contributed by atoms with Crippen molar-refractivity contribution < 1.29 is 0 Å². The fraction of sp³-hybridized carbons (Fsp3) is 1.00. The number of halogens is 2. The maximum atomic E-state index is 3.51. The molecule has 0 aliphatic rings. The van der Waals surface area contributed by atoms with Gasteiger partial charge in [0.15, 0.2) is 0 Å². The summed E-state index contributed by atoms with van der Waals surface area (Å²) in [5.74, 6) is 0. The monoisotopic (exact) mass is 256 g/mol. The van der Waals surface area contributed by atoms with Gasteiger partial charge in [0.1, 0.15) is 0 Å². The van der Waals surface area contributed by atoms with E-state index in [1.807, 2.05) is 0 Å². The molecule has 0 aromatic carbocycles. The Labute approximate surface area is 74.7 Å². The average Bonchev–Trinajstić information content (AvgIpc) is 1.63. The lowest BCUT2D eigenvalue weighted by molar-refractivity contribution is 0.682. The molecular weight excluding hydrogens is 244 g/mol. The molecule has 0 saturated carbocycles. The molecule has 2 heteroatoms. The van der Waals surface area contributed by atoms with Crippen LogP contribution in [0.2, 0.25) is 0 Å². The maximum absolute atomic E-state index is 3.51. The molecule has 0 aromatic rings. The predicted molar refractivity (Wildman–Crippen MR) is 50.6 cm³/mol. The maximum Gasteiger partial charge on any atom is 0.0117 e. The first kappa shape index (κ1) is 9.96. The van der Waals surface area contributed by atoms with Crippen LogP contribution < -0.4 is 0 Å². The zero-order valence-electron chi connectivity index (χ0n) is 6.03. The Bertz CT molecular complexity index is 51.9. The molecule has 0 spiro atoms. The van der Waals surface area contributed by atoms with Gasteiger partial charge in [-0.05, 0) is 12.8 Å². The zero-order chi connectivity index (χ0) is 7.28. The molecule has 2 atom stereocenters. The second-order valence-electron chi connectivity index (χ2n) is 2.49. The third kappa shape index (κ3) is 8.96. The summed E-state index contributed by atoms with van der Waals surface area (Å²) in [6, 6.07) is 0. The van der Waals surface area contributed by atoms with E-state index in [0.29, 0.717) is 9.65 Å². The van der Waals surface area contributed by atoms with Crippen molar-refractivity contribution in [3.8, 4) is 0 Å². The summed E-state index contributed by atoms with van der Waals surface area (Å²) in [5.41, 5.74) is 0. The van der Waals surface area contributed by atoms with E-state index in [9.17, 15) is 0 Å². The van der Waals surface area contributed by atoms with Crippen LogP contribution in [0.3, 0.4) is 0 Å². The van der Waals surface area contributed by atoms with Crippen molar-refractivity contribution in [3.05, 3.63) is 0 Å². The van der Waals surface area contributed by atoms with Gasteiger partial charge in [-0.1, -0.05) is 52.1 Å². The number of hydrogen-bond donors (Lipinski definition) is 0. The summed E-state index contributed by atoms with van der Waals surface area (Å²) in [4.78, 5) is 1.37. The predicted octanol–water partition coefficient (Wildman–Crippen LogP) is 3.72. The summed E-state index contributed by atoms with van der Waals surface area (Å²) in [6.45, 7) is 4.39. The minimum atomic E-state index is 0.684. The van der Waals surface area contributed by atoms with E-state index in [2.05, 4.69) is 45.7 Å². The molecule has 0 aromatic heterocycles. The molecule has 0 saturated heterocycles. The van der Waals surface area contributed by atoms with Gasteiger partial charge in [0, 0.05) is 9.65 Å². The van der Waals surface area contributed by atoms with Crippen molar-refractivity contribution in [2.24, 2.45) is 0 Å². The second-order valence-corrected chi connectivity index (χ2v) is 5.62. The van der Waals surface area contributed by atoms with Gasteiger partial charge in [0.05, 0.1) is 0 Å². The lowest BCUT2D eigenvalue weighted by Crippen LogP contribution is -1.94. The Balaban J connectivity index is 2.91. The van der Waals surface area contributed by atoms with Crippen LogP contribution in [-0.4, -0.2) is 9.65 Å². The zero-order valence-corrected chi connectivity index (χ0v) is 9.20. The van der Waals surface area contributed by atoms with Crippen molar-refractivity contribution in [2.45, 2.75) is 42.8 Å². The van der Waals surface area contributed by atoms with E-state index < -0.39 is 0 Å². The molecule has 0 aliphatic carbocycles. The van der Waals surface area contributed by atoms with Gasteiger partial charge >= 0.3 is 0 Å². The summed E-state index contributed by atoms with van der Waals surface area (Å²) in [6.07, 6.45) is 3.89. The van der Waals surface area contributed by atoms with Crippen molar-refractivity contribution >= 4 is 31.9 Å². The third-order valence-corrected chi connectivity index (χ3v) is 2.12. The molecule has 9 heavy (non-hydrogen) atoms. The fourth-order valence-electron chi connectivity index (χ4n) is 0.680. The van der Waals surface area contributed by atoms with Crippen LogP contribution >= 0.6 is 31.9 Å². The Hall–Kier alpha value is 0.960. The van der Waals surface area contributed by atoms with Crippen molar-refractivity contribution in [2.75, 3.05) is 0 Å². The van der Waals surface area contributed by atoms with Crippen LogP contribution in [-0.2, 0) is 0 Å².